The number of hydrogen-bond acceptors (Lipinski definition) is 1. The molecule has 2 aliphatic rings. The second kappa shape index (κ2) is 6.17. The Kier molecular flexibility index (Phi) is 4.93. The van der Waals surface area contributed by atoms with E-state index in [0.29, 0.717) is 11.8 Å². The van der Waals surface area contributed by atoms with Crippen LogP contribution in [0.2, 0.25) is 0 Å². The lowest BCUT2D eigenvalue weighted by molar-refractivity contribution is -0.131. The highest BCUT2D eigenvalue weighted by Crippen LogP contribution is 2.37. The van der Waals surface area contributed by atoms with E-state index in [1.807, 2.05) is 0 Å². The lowest BCUT2D eigenvalue weighted by Gasteiger charge is -2.40. The molecular weight excluding hydrogens is 284 g/mol. The van der Waals surface area contributed by atoms with Gasteiger partial charge in [-0.1, -0.05) is 6.92 Å². The third kappa shape index (κ3) is 3.84. The normalized spacial score (nSPS) is 34.7. The highest BCUT2D eigenvalue weighted by Gasteiger charge is 2.40. The van der Waals surface area contributed by atoms with Gasteiger partial charge in [-0.2, -0.15) is 0 Å². The first-order valence-corrected chi connectivity index (χ1v) is 8.15. The summed E-state index contributed by atoms with van der Waals surface area (Å²) in [5.74, 6) is -1.84. The van der Waals surface area contributed by atoms with Gasteiger partial charge < -0.3 is 5.32 Å². The highest BCUT2D eigenvalue weighted by atomic mass is 35.5. The summed E-state index contributed by atoms with van der Waals surface area (Å²) < 4.78 is 26.3. The SMILES string of the molecule is CC1CCC(CCl)(NC(=O)C2CCC(F)(F)CC2)CC1. The predicted octanol–water partition coefficient (Wildman–Crippen LogP) is 4.12. The molecule has 0 radical (unpaired) electrons. The summed E-state index contributed by atoms with van der Waals surface area (Å²) in [6, 6.07) is 0. The van der Waals surface area contributed by atoms with Gasteiger partial charge in [-0.3, -0.25) is 4.79 Å². The van der Waals surface area contributed by atoms with Crippen molar-refractivity contribution in [1.82, 2.24) is 5.32 Å². The molecule has 2 aliphatic carbocycles. The molecule has 116 valence electrons. The third-order valence-corrected chi connectivity index (χ3v) is 5.48. The van der Waals surface area contributed by atoms with E-state index >= 15 is 0 Å². The maximum Gasteiger partial charge on any atom is 0.248 e. The van der Waals surface area contributed by atoms with Crippen molar-refractivity contribution in [3.05, 3.63) is 0 Å². The summed E-state index contributed by atoms with van der Waals surface area (Å²) in [5, 5.41) is 3.08. The van der Waals surface area contributed by atoms with E-state index in [1.54, 1.807) is 0 Å². The minimum absolute atomic E-state index is 0.0734. The van der Waals surface area contributed by atoms with Crippen LogP contribution in [0.3, 0.4) is 0 Å². The van der Waals surface area contributed by atoms with E-state index < -0.39 is 5.92 Å². The Morgan fingerprint density at radius 2 is 1.70 bits per heavy atom. The molecule has 0 spiro atoms. The van der Waals surface area contributed by atoms with E-state index in [0.717, 1.165) is 25.7 Å². The molecule has 1 N–H and O–H groups in total. The molecule has 0 bridgehead atoms. The molecule has 0 unspecified atom stereocenters. The number of alkyl halides is 3. The van der Waals surface area contributed by atoms with Gasteiger partial charge in [0.1, 0.15) is 0 Å². The first-order valence-electron chi connectivity index (χ1n) is 7.62. The van der Waals surface area contributed by atoms with Crippen LogP contribution in [0, 0.1) is 11.8 Å². The fourth-order valence-corrected chi connectivity index (χ4v) is 3.61. The molecular formula is C15H24ClF2NO. The molecule has 5 heteroatoms. The number of halogens is 3. The van der Waals surface area contributed by atoms with Gasteiger partial charge in [0.05, 0.1) is 5.54 Å². The Bertz CT molecular complexity index is 344. The van der Waals surface area contributed by atoms with Crippen LogP contribution in [0.4, 0.5) is 8.78 Å². The first-order chi connectivity index (χ1) is 9.36. The Balaban J connectivity index is 1.90. The van der Waals surface area contributed by atoms with Gasteiger partial charge in [-0.25, -0.2) is 8.78 Å². The number of carbonyl (C=O) groups is 1. The number of amides is 1. The van der Waals surface area contributed by atoms with Gasteiger partial charge in [0.25, 0.3) is 0 Å². The zero-order valence-electron chi connectivity index (χ0n) is 12.1. The Hall–Kier alpha value is -0.380. The number of carbonyl (C=O) groups excluding carboxylic acids is 1. The smallest absolute Gasteiger partial charge is 0.248 e. The summed E-state index contributed by atoms with van der Waals surface area (Å²) in [4.78, 5) is 12.3. The number of hydrogen-bond donors (Lipinski definition) is 1. The molecule has 0 aromatic rings. The quantitative estimate of drug-likeness (QED) is 0.781. The van der Waals surface area contributed by atoms with Crippen LogP contribution in [0.15, 0.2) is 0 Å². The average molecular weight is 308 g/mol. The molecule has 1 amide bonds. The lowest BCUT2D eigenvalue weighted by Crippen LogP contribution is -2.54. The van der Waals surface area contributed by atoms with Crippen LogP contribution in [0.5, 0.6) is 0 Å². The van der Waals surface area contributed by atoms with E-state index in [4.69, 9.17) is 11.6 Å². The van der Waals surface area contributed by atoms with E-state index in [2.05, 4.69) is 12.2 Å². The van der Waals surface area contributed by atoms with Crippen molar-refractivity contribution in [2.75, 3.05) is 5.88 Å². The molecule has 0 aliphatic heterocycles. The fourth-order valence-electron chi connectivity index (χ4n) is 3.27. The largest absolute Gasteiger partial charge is 0.349 e. The van der Waals surface area contributed by atoms with Crippen molar-refractivity contribution >= 4 is 17.5 Å². The zero-order valence-corrected chi connectivity index (χ0v) is 12.8. The first kappa shape index (κ1) is 16.0. The molecule has 20 heavy (non-hydrogen) atoms. The van der Waals surface area contributed by atoms with Gasteiger partial charge in [-0.15, -0.1) is 11.6 Å². The maximum absolute atomic E-state index is 13.1. The lowest BCUT2D eigenvalue weighted by atomic mass is 9.77. The van der Waals surface area contributed by atoms with Crippen molar-refractivity contribution in [3.8, 4) is 0 Å². The molecule has 2 rings (SSSR count). The average Bonchev–Trinajstić information content (AvgIpc) is 2.41. The second-order valence-electron chi connectivity index (χ2n) is 6.72. The maximum atomic E-state index is 13.1. The summed E-state index contributed by atoms with van der Waals surface area (Å²) in [6.07, 6.45) is 4.15. The summed E-state index contributed by atoms with van der Waals surface area (Å²) in [5.41, 5.74) is -0.314. The molecule has 2 fully saturated rings. The summed E-state index contributed by atoms with van der Waals surface area (Å²) >= 11 is 6.08. The van der Waals surface area contributed by atoms with Crippen LogP contribution < -0.4 is 5.32 Å². The fraction of sp³-hybridized carbons (Fsp3) is 0.933. The Labute approximate surface area is 124 Å². The minimum atomic E-state index is -2.58. The molecule has 0 atom stereocenters. The monoisotopic (exact) mass is 307 g/mol. The van der Waals surface area contributed by atoms with Crippen LogP contribution in [0.25, 0.3) is 0 Å². The second-order valence-corrected chi connectivity index (χ2v) is 6.98. The Morgan fingerprint density at radius 3 is 2.20 bits per heavy atom. The molecule has 0 heterocycles. The van der Waals surface area contributed by atoms with Gasteiger partial charge in [0, 0.05) is 24.6 Å². The molecule has 0 aromatic heterocycles. The van der Waals surface area contributed by atoms with Crippen molar-refractivity contribution in [3.63, 3.8) is 0 Å². The van der Waals surface area contributed by atoms with Crippen LogP contribution in [-0.4, -0.2) is 23.2 Å². The number of rotatable bonds is 3. The third-order valence-electron chi connectivity index (χ3n) is 4.96. The standard InChI is InChI=1S/C15H24ClF2NO/c1-11-2-6-14(10-16,7-3-11)19-13(20)12-4-8-15(17,18)9-5-12/h11-12H,2-10H2,1H3,(H,19,20). The number of nitrogens with one attached hydrogen (secondary N) is 1. The van der Waals surface area contributed by atoms with Crippen molar-refractivity contribution < 1.29 is 13.6 Å². The predicted molar refractivity (Wildman–Crippen MR) is 76.1 cm³/mol. The molecule has 2 saturated carbocycles. The van der Waals surface area contributed by atoms with Crippen molar-refractivity contribution in [1.29, 1.82) is 0 Å². The molecule has 2 nitrogen and oxygen atoms in total. The minimum Gasteiger partial charge on any atom is -0.349 e. The van der Waals surface area contributed by atoms with Crippen molar-refractivity contribution in [2.45, 2.75) is 69.8 Å². The molecule has 0 saturated heterocycles. The van der Waals surface area contributed by atoms with Crippen LogP contribution in [0.1, 0.15) is 58.3 Å². The summed E-state index contributed by atoms with van der Waals surface area (Å²) in [7, 11) is 0. The zero-order chi connectivity index (χ0) is 14.8. The topological polar surface area (TPSA) is 29.1 Å². The van der Waals surface area contributed by atoms with E-state index in [-0.39, 0.29) is 43.0 Å². The van der Waals surface area contributed by atoms with E-state index in [9.17, 15) is 13.6 Å². The molecule has 0 aromatic carbocycles. The van der Waals surface area contributed by atoms with Gasteiger partial charge in [0.2, 0.25) is 11.8 Å². The van der Waals surface area contributed by atoms with Crippen molar-refractivity contribution in [2.24, 2.45) is 11.8 Å². The summed E-state index contributed by atoms with van der Waals surface area (Å²) in [6.45, 7) is 2.21. The van der Waals surface area contributed by atoms with Gasteiger partial charge >= 0.3 is 0 Å². The van der Waals surface area contributed by atoms with E-state index in [1.165, 1.54) is 0 Å². The van der Waals surface area contributed by atoms with Gasteiger partial charge in [0.15, 0.2) is 0 Å². The Morgan fingerprint density at radius 1 is 1.15 bits per heavy atom. The van der Waals surface area contributed by atoms with Gasteiger partial charge in [-0.05, 0) is 44.4 Å². The van der Waals surface area contributed by atoms with Crippen LogP contribution in [-0.2, 0) is 4.79 Å². The van der Waals surface area contributed by atoms with Crippen LogP contribution >= 0.6 is 11.6 Å². The highest BCUT2D eigenvalue weighted by molar-refractivity contribution is 6.18.